The molecule has 0 aromatic heterocycles. The zero-order valence-electron chi connectivity index (χ0n) is 18.0. The van der Waals surface area contributed by atoms with E-state index in [9.17, 15) is 13.2 Å². The van der Waals surface area contributed by atoms with Crippen molar-refractivity contribution in [3.63, 3.8) is 0 Å². The molecule has 2 aromatic rings. The predicted molar refractivity (Wildman–Crippen MR) is 120 cm³/mol. The van der Waals surface area contributed by atoms with Crippen molar-refractivity contribution in [2.24, 2.45) is 0 Å². The molecule has 1 N–H and O–H groups in total. The number of likely N-dealkylation sites (N-methyl/N-ethyl adjacent to an activating group) is 1. The van der Waals surface area contributed by atoms with Gasteiger partial charge in [0.1, 0.15) is 0 Å². The SMILES string of the molecule is CCC(NC(=O)c1ccc(CS(=O)(=O)N2CCN(C)CC2)cc1)c1ccc(C)cc1. The van der Waals surface area contributed by atoms with Crippen LogP contribution >= 0.6 is 0 Å². The molecule has 0 saturated carbocycles. The van der Waals surface area contributed by atoms with E-state index in [2.05, 4.69) is 10.2 Å². The summed E-state index contributed by atoms with van der Waals surface area (Å²) in [6.45, 7) is 6.62. The Kier molecular flexibility index (Phi) is 7.28. The summed E-state index contributed by atoms with van der Waals surface area (Å²) in [5.74, 6) is -0.199. The topological polar surface area (TPSA) is 69.7 Å². The fourth-order valence-corrected chi connectivity index (χ4v) is 5.10. The maximum atomic E-state index is 12.7. The molecule has 0 radical (unpaired) electrons. The van der Waals surface area contributed by atoms with Crippen molar-refractivity contribution in [1.29, 1.82) is 0 Å². The van der Waals surface area contributed by atoms with Crippen LogP contribution in [0.1, 0.15) is 46.4 Å². The highest BCUT2D eigenvalue weighted by atomic mass is 32.2. The lowest BCUT2D eigenvalue weighted by atomic mass is 10.0. The monoisotopic (exact) mass is 429 g/mol. The Morgan fingerprint density at radius 3 is 2.17 bits per heavy atom. The molecule has 162 valence electrons. The second kappa shape index (κ2) is 9.73. The lowest BCUT2D eigenvalue weighted by Crippen LogP contribution is -2.47. The third-order valence-electron chi connectivity index (χ3n) is 5.61. The average Bonchev–Trinajstić information content (AvgIpc) is 2.73. The Balaban J connectivity index is 1.63. The van der Waals surface area contributed by atoms with Crippen molar-refractivity contribution >= 4 is 15.9 Å². The van der Waals surface area contributed by atoms with Gasteiger partial charge in [-0.25, -0.2) is 8.42 Å². The number of sulfonamides is 1. The first-order valence-electron chi connectivity index (χ1n) is 10.4. The van der Waals surface area contributed by atoms with Crippen molar-refractivity contribution in [3.8, 4) is 0 Å². The molecule has 0 aliphatic carbocycles. The Morgan fingerprint density at radius 1 is 1.00 bits per heavy atom. The van der Waals surface area contributed by atoms with Gasteiger partial charge in [0.2, 0.25) is 10.0 Å². The number of carbonyl (C=O) groups excluding carboxylic acids is 1. The second-order valence-corrected chi connectivity index (χ2v) is 9.97. The number of nitrogens with one attached hydrogen (secondary N) is 1. The van der Waals surface area contributed by atoms with Gasteiger partial charge in [-0.05, 0) is 43.7 Å². The number of aryl methyl sites for hydroxylation is 1. The normalized spacial score (nSPS) is 16.9. The van der Waals surface area contributed by atoms with Crippen LogP contribution in [-0.2, 0) is 15.8 Å². The average molecular weight is 430 g/mol. The molecule has 3 rings (SSSR count). The number of benzene rings is 2. The summed E-state index contributed by atoms with van der Waals surface area (Å²) in [6.07, 6.45) is 0.788. The van der Waals surface area contributed by atoms with Crippen molar-refractivity contribution in [2.75, 3.05) is 33.2 Å². The standard InChI is InChI=1S/C23H31N3O3S/c1-4-22(20-9-5-18(2)6-10-20)24-23(27)21-11-7-19(8-12-21)17-30(28,29)26-15-13-25(3)14-16-26/h5-12,22H,4,13-17H2,1-3H3,(H,24,27). The van der Waals surface area contributed by atoms with Crippen LogP contribution in [0.5, 0.6) is 0 Å². The number of nitrogens with zero attached hydrogens (tertiary/aromatic N) is 2. The van der Waals surface area contributed by atoms with Gasteiger partial charge < -0.3 is 10.2 Å². The lowest BCUT2D eigenvalue weighted by molar-refractivity contribution is 0.0935. The smallest absolute Gasteiger partial charge is 0.251 e. The molecule has 1 aliphatic rings. The van der Waals surface area contributed by atoms with Gasteiger partial charge in [-0.2, -0.15) is 4.31 Å². The molecule has 1 amide bonds. The summed E-state index contributed by atoms with van der Waals surface area (Å²) in [5.41, 5.74) is 3.48. The van der Waals surface area contributed by atoms with E-state index in [1.165, 1.54) is 5.56 Å². The van der Waals surface area contributed by atoms with Gasteiger partial charge in [-0.3, -0.25) is 4.79 Å². The molecule has 1 saturated heterocycles. The second-order valence-electron chi connectivity index (χ2n) is 8.00. The summed E-state index contributed by atoms with van der Waals surface area (Å²) in [7, 11) is -1.35. The summed E-state index contributed by atoms with van der Waals surface area (Å²) in [5, 5.41) is 3.07. The fraction of sp³-hybridized carbons (Fsp3) is 0.435. The highest BCUT2D eigenvalue weighted by molar-refractivity contribution is 7.88. The Bertz CT molecular complexity index is 948. The first kappa shape index (κ1) is 22.5. The summed E-state index contributed by atoms with van der Waals surface area (Å²) >= 11 is 0. The molecule has 1 aliphatic heterocycles. The molecule has 1 atom stereocenters. The molecule has 7 heteroatoms. The van der Waals surface area contributed by atoms with E-state index < -0.39 is 10.0 Å². The number of carbonyl (C=O) groups is 1. The minimum atomic E-state index is -3.35. The van der Waals surface area contributed by atoms with E-state index in [-0.39, 0.29) is 17.7 Å². The zero-order valence-corrected chi connectivity index (χ0v) is 18.8. The zero-order chi connectivity index (χ0) is 21.7. The number of amides is 1. The van der Waals surface area contributed by atoms with Crippen LogP contribution in [0.25, 0.3) is 0 Å². The molecule has 1 unspecified atom stereocenters. The van der Waals surface area contributed by atoms with Crippen LogP contribution in [0, 0.1) is 6.92 Å². The minimum Gasteiger partial charge on any atom is -0.345 e. The van der Waals surface area contributed by atoms with Gasteiger partial charge in [0, 0.05) is 31.7 Å². The molecule has 0 bridgehead atoms. The van der Waals surface area contributed by atoms with E-state index in [0.717, 1.165) is 25.1 Å². The highest BCUT2D eigenvalue weighted by Crippen LogP contribution is 2.19. The van der Waals surface area contributed by atoms with E-state index in [4.69, 9.17) is 0 Å². The summed E-state index contributed by atoms with van der Waals surface area (Å²) in [4.78, 5) is 14.8. The van der Waals surface area contributed by atoms with Gasteiger partial charge >= 0.3 is 0 Å². The van der Waals surface area contributed by atoms with Crippen LogP contribution in [0.3, 0.4) is 0 Å². The van der Waals surface area contributed by atoms with Crippen molar-refractivity contribution < 1.29 is 13.2 Å². The van der Waals surface area contributed by atoms with Gasteiger partial charge in [-0.1, -0.05) is 48.9 Å². The first-order valence-corrected chi connectivity index (χ1v) is 12.0. The first-order chi connectivity index (χ1) is 14.3. The minimum absolute atomic E-state index is 0.0421. The van der Waals surface area contributed by atoms with Gasteiger partial charge in [0.25, 0.3) is 5.91 Å². The largest absolute Gasteiger partial charge is 0.345 e. The van der Waals surface area contributed by atoms with E-state index >= 15 is 0 Å². The third kappa shape index (κ3) is 5.68. The fourth-order valence-electron chi connectivity index (χ4n) is 3.58. The van der Waals surface area contributed by atoms with Gasteiger partial charge in [0.05, 0.1) is 11.8 Å². The van der Waals surface area contributed by atoms with Crippen molar-refractivity contribution in [1.82, 2.24) is 14.5 Å². The number of rotatable bonds is 7. The van der Waals surface area contributed by atoms with Crippen molar-refractivity contribution in [3.05, 3.63) is 70.8 Å². The number of piperazine rings is 1. The summed E-state index contributed by atoms with van der Waals surface area (Å²) in [6, 6.07) is 15.0. The summed E-state index contributed by atoms with van der Waals surface area (Å²) < 4.78 is 26.9. The predicted octanol–water partition coefficient (Wildman–Crippen LogP) is 2.95. The molecule has 30 heavy (non-hydrogen) atoms. The Hall–Kier alpha value is -2.22. The molecule has 2 aromatic carbocycles. The number of hydrogen-bond donors (Lipinski definition) is 1. The Labute approximate surface area is 179 Å². The van der Waals surface area contributed by atoms with Crippen LogP contribution in [-0.4, -0.2) is 56.8 Å². The van der Waals surface area contributed by atoms with Crippen LogP contribution in [0.2, 0.25) is 0 Å². The highest BCUT2D eigenvalue weighted by Gasteiger charge is 2.26. The molecule has 0 spiro atoms. The maximum absolute atomic E-state index is 12.7. The van der Waals surface area contributed by atoms with Crippen LogP contribution in [0.15, 0.2) is 48.5 Å². The number of hydrogen-bond acceptors (Lipinski definition) is 4. The van der Waals surface area contributed by atoms with Crippen LogP contribution < -0.4 is 5.32 Å². The van der Waals surface area contributed by atoms with Crippen LogP contribution in [0.4, 0.5) is 0 Å². The molecule has 1 fully saturated rings. The van der Waals surface area contributed by atoms with E-state index in [1.54, 1.807) is 28.6 Å². The van der Waals surface area contributed by atoms with E-state index in [1.807, 2.05) is 45.2 Å². The third-order valence-corrected chi connectivity index (χ3v) is 7.46. The molecule has 6 nitrogen and oxygen atoms in total. The quantitative estimate of drug-likeness (QED) is 0.735. The maximum Gasteiger partial charge on any atom is 0.251 e. The lowest BCUT2D eigenvalue weighted by Gasteiger charge is -2.31. The molecule has 1 heterocycles. The van der Waals surface area contributed by atoms with Gasteiger partial charge in [0.15, 0.2) is 0 Å². The van der Waals surface area contributed by atoms with Crippen molar-refractivity contribution in [2.45, 2.75) is 32.1 Å². The molecular weight excluding hydrogens is 398 g/mol. The molecular formula is C23H31N3O3S. The van der Waals surface area contributed by atoms with E-state index in [0.29, 0.717) is 24.2 Å². The Morgan fingerprint density at radius 2 is 1.60 bits per heavy atom. The van der Waals surface area contributed by atoms with Gasteiger partial charge in [-0.15, -0.1) is 0 Å².